The lowest BCUT2D eigenvalue weighted by atomic mass is 10.00. The van der Waals surface area contributed by atoms with Crippen LogP contribution in [-0.2, 0) is 13.1 Å². The van der Waals surface area contributed by atoms with Crippen LogP contribution in [0.1, 0.15) is 43.6 Å². The maximum atomic E-state index is 14.1. The maximum Gasteiger partial charge on any atom is 0.289 e. The van der Waals surface area contributed by atoms with Crippen LogP contribution in [0.3, 0.4) is 0 Å². The van der Waals surface area contributed by atoms with Gasteiger partial charge < -0.3 is 14.2 Å². The Bertz CT molecular complexity index is 1430. The van der Waals surface area contributed by atoms with Gasteiger partial charge in [0.2, 0.25) is 0 Å². The topological polar surface area (TPSA) is 79.5 Å². The lowest BCUT2D eigenvalue weighted by Crippen LogP contribution is -2.31. The Morgan fingerprint density at radius 3 is 2.51 bits per heavy atom. The first-order chi connectivity index (χ1) is 16.7. The summed E-state index contributed by atoms with van der Waals surface area (Å²) >= 11 is 9.81. The van der Waals surface area contributed by atoms with Crippen molar-refractivity contribution in [1.29, 1.82) is 0 Å². The fourth-order valence-electron chi connectivity index (χ4n) is 3.79. The molecule has 4 rings (SSSR count). The molecule has 0 radical (unpaired) electrons. The van der Waals surface area contributed by atoms with E-state index < -0.39 is 0 Å². The molecule has 2 amide bonds. The minimum Gasteiger partial charge on any atom is -0.454 e. The highest BCUT2D eigenvalue weighted by Gasteiger charge is 2.25. The number of para-hydroxylation sites is 1. The van der Waals surface area contributed by atoms with Gasteiger partial charge in [0.05, 0.1) is 34.9 Å². The molecule has 0 saturated heterocycles. The summed E-state index contributed by atoms with van der Waals surface area (Å²) in [7, 11) is 3.31. The molecule has 0 fully saturated rings. The van der Waals surface area contributed by atoms with Crippen molar-refractivity contribution in [2.75, 3.05) is 14.1 Å². The van der Waals surface area contributed by atoms with Crippen LogP contribution in [0.2, 0.25) is 5.02 Å². The summed E-state index contributed by atoms with van der Waals surface area (Å²) in [6, 6.07) is 12.6. The molecule has 0 atom stereocenters. The summed E-state index contributed by atoms with van der Waals surface area (Å²) in [5.41, 5.74) is 3.44. The van der Waals surface area contributed by atoms with Gasteiger partial charge in [0, 0.05) is 35.8 Å². The molecule has 0 bridgehead atoms. The smallest absolute Gasteiger partial charge is 0.289 e. The van der Waals surface area contributed by atoms with Crippen LogP contribution in [0.5, 0.6) is 0 Å². The van der Waals surface area contributed by atoms with Crippen molar-refractivity contribution in [3.63, 3.8) is 0 Å². The van der Waals surface area contributed by atoms with Gasteiger partial charge in [0.25, 0.3) is 11.8 Å². The highest BCUT2D eigenvalue weighted by Crippen LogP contribution is 2.27. The van der Waals surface area contributed by atoms with Crippen molar-refractivity contribution in [2.45, 2.75) is 26.9 Å². The first-order valence-electron chi connectivity index (χ1n) is 10.9. The third-order valence-electron chi connectivity index (χ3n) is 5.73. The van der Waals surface area contributed by atoms with Crippen LogP contribution in [0.15, 0.2) is 57.6 Å². The Hall–Kier alpha value is -3.23. The number of hydrogen-bond donors (Lipinski definition) is 0. The molecule has 35 heavy (non-hydrogen) atoms. The van der Waals surface area contributed by atoms with E-state index in [1.807, 2.05) is 38.1 Å². The van der Waals surface area contributed by atoms with Gasteiger partial charge in [-0.2, -0.15) is 0 Å². The Labute approximate surface area is 216 Å². The molecule has 7 nitrogen and oxygen atoms in total. The number of fused-ring (bicyclic) bond motifs is 1. The molecule has 0 aliphatic rings. The number of carbonyl (C=O) groups excluding carboxylic acids is 2. The van der Waals surface area contributed by atoms with Crippen molar-refractivity contribution >= 4 is 50.2 Å². The maximum absolute atomic E-state index is 14.1. The number of hydrogen-bond acceptors (Lipinski definition) is 5. The minimum absolute atomic E-state index is 0.128. The molecular weight excluding hydrogens is 532 g/mol. The fraction of sp³-hybridized carbons (Fsp3) is 0.231. The monoisotopic (exact) mass is 554 g/mol. The molecule has 180 valence electrons. The largest absolute Gasteiger partial charge is 0.454 e. The number of carbonyl (C=O) groups is 2. The summed E-state index contributed by atoms with van der Waals surface area (Å²) < 4.78 is 6.54. The Morgan fingerprint density at radius 1 is 1.06 bits per heavy atom. The molecule has 0 saturated carbocycles. The zero-order valence-electron chi connectivity index (χ0n) is 19.8. The second-order valence-corrected chi connectivity index (χ2v) is 9.75. The Morgan fingerprint density at radius 2 is 1.80 bits per heavy atom. The van der Waals surface area contributed by atoms with Gasteiger partial charge >= 0.3 is 0 Å². The quantitative estimate of drug-likeness (QED) is 0.300. The molecule has 4 aromatic rings. The van der Waals surface area contributed by atoms with E-state index in [-0.39, 0.29) is 30.7 Å². The predicted octanol–water partition coefficient (Wildman–Crippen LogP) is 5.80. The summed E-state index contributed by atoms with van der Waals surface area (Å²) in [6.07, 6.45) is 1.64. The van der Waals surface area contributed by atoms with Gasteiger partial charge in [-0.05, 0) is 59.6 Å². The van der Waals surface area contributed by atoms with Crippen LogP contribution in [-0.4, -0.2) is 45.7 Å². The number of nitrogens with zero attached hydrogens (tertiary/aromatic N) is 4. The van der Waals surface area contributed by atoms with Crippen molar-refractivity contribution < 1.29 is 14.0 Å². The van der Waals surface area contributed by atoms with Gasteiger partial charge in [-0.15, -0.1) is 0 Å². The second-order valence-electron chi connectivity index (χ2n) is 8.42. The number of pyridine rings is 2. The molecule has 3 heterocycles. The van der Waals surface area contributed by atoms with Gasteiger partial charge in [-0.25, -0.2) is 0 Å². The van der Waals surface area contributed by atoms with E-state index in [2.05, 4.69) is 25.9 Å². The van der Waals surface area contributed by atoms with E-state index in [1.54, 1.807) is 43.4 Å². The zero-order valence-corrected chi connectivity index (χ0v) is 22.1. The molecule has 9 heteroatoms. The lowest BCUT2D eigenvalue weighted by Gasteiger charge is -2.24. The highest BCUT2D eigenvalue weighted by molar-refractivity contribution is 9.10. The number of amides is 2. The Kier molecular flexibility index (Phi) is 7.23. The van der Waals surface area contributed by atoms with Gasteiger partial charge in [0.1, 0.15) is 5.76 Å². The van der Waals surface area contributed by atoms with E-state index in [4.69, 9.17) is 16.0 Å². The van der Waals surface area contributed by atoms with Gasteiger partial charge in [0.15, 0.2) is 5.76 Å². The molecule has 0 aliphatic heterocycles. The van der Waals surface area contributed by atoms with Crippen LogP contribution in [0.4, 0.5) is 0 Å². The molecular formula is C26H24BrClN4O3. The SMILES string of the molecule is Cc1nc2ccccc2c(C(=O)N(Cc2ccc(C(=O)N(C)C)o2)Cc2ncc(Br)cc2Cl)c1C. The van der Waals surface area contributed by atoms with Crippen LogP contribution in [0.25, 0.3) is 10.9 Å². The number of rotatable bonds is 6. The van der Waals surface area contributed by atoms with E-state index in [0.29, 0.717) is 22.0 Å². The van der Waals surface area contributed by atoms with Crippen LogP contribution < -0.4 is 0 Å². The predicted molar refractivity (Wildman–Crippen MR) is 138 cm³/mol. The molecule has 1 aromatic carbocycles. The van der Waals surface area contributed by atoms with Gasteiger partial charge in [-0.1, -0.05) is 29.8 Å². The van der Waals surface area contributed by atoms with Crippen LogP contribution >= 0.6 is 27.5 Å². The van der Waals surface area contributed by atoms with Crippen molar-refractivity contribution in [1.82, 2.24) is 19.8 Å². The average Bonchev–Trinajstić information content (AvgIpc) is 3.28. The number of benzene rings is 1. The first-order valence-corrected chi connectivity index (χ1v) is 12.1. The average molecular weight is 556 g/mol. The van der Waals surface area contributed by atoms with Crippen molar-refractivity contribution in [2.24, 2.45) is 0 Å². The number of aromatic nitrogens is 2. The van der Waals surface area contributed by atoms with Crippen molar-refractivity contribution in [3.8, 4) is 0 Å². The zero-order chi connectivity index (χ0) is 25.3. The normalized spacial score (nSPS) is 11.0. The summed E-state index contributed by atoms with van der Waals surface area (Å²) in [6.45, 7) is 4.06. The van der Waals surface area contributed by atoms with Crippen LogP contribution in [0, 0.1) is 13.8 Å². The number of aryl methyl sites for hydroxylation is 1. The third-order valence-corrected chi connectivity index (χ3v) is 6.49. The second kappa shape index (κ2) is 10.2. The fourth-order valence-corrected chi connectivity index (χ4v) is 4.48. The molecule has 0 spiro atoms. The highest BCUT2D eigenvalue weighted by atomic mass is 79.9. The van der Waals surface area contributed by atoms with E-state index in [1.165, 1.54) is 4.90 Å². The van der Waals surface area contributed by atoms with E-state index in [0.717, 1.165) is 26.6 Å². The van der Waals surface area contributed by atoms with Gasteiger partial charge in [-0.3, -0.25) is 19.6 Å². The standard InChI is InChI=1S/C26H24BrClN4O3/c1-15-16(2)30-21-8-6-5-7-19(21)24(15)26(34)32(14-22-20(28)11-17(27)12-29-22)13-18-9-10-23(35-18)25(33)31(3)4/h5-12H,13-14H2,1-4H3. The molecule has 3 aromatic heterocycles. The molecule has 0 N–H and O–H groups in total. The summed E-state index contributed by atoms with van der Waals surface area (Å²) in [5, 5.41) is 1.20. The van der Waals surface area contributed by atoms with E-state index in [9.17, 15) is 9.59 Å². The number of furan rings is 1. The summed E-state index contributed by atoms with van der Waals surface area (Å²) in [5.74, 6) is 0.225. The first kappa shape index (κ1) is 24.9. The minimum atomic E-state index is -0.252. The molecule has 0 aliphatic carbocycles. The summed E-state index contributed by atoms with van der Waals surface area (Å²) in [4.78, 5) is 38.5. The third kappa shape index (κ3) is 5.23. The van der Waals surface area contributed by atoms with Crippen molar-refractivity contribution in [3.05, 3.63) is 92.2 Å². The van der Waals surface area contributed by atoms with E-state index >= 15 is 0 Å². The lowest BCUT2D eigenvalue weighted by molar-refractivity contribution is 0.0713. The number of halogens is 2. The molecule has 0 unspecified atom stereocenters. The Balaban J connectivity index is 1.77.